The molecule has 0 aromatic heterocycles. The Morgan fingerprint density at radius 1 is 1.18 bits per heavy atom. The standard InChI is InChI=1S/C8H17N3/c1-10-6-2-3-7-11-8-4-5-9/h10-11H,2-4,6-8H2,1H3. The molecular weight excluding hydrogens is 138 g/mol. The maximum absolute atomic E-state index is 8.21. The summed E-state index contributed by atoms with van der Waals surface area (Å²) < 4.78 is 0. The van der Waals surface area contributed by atoms with Crippen LogP contribution in [0.4, 0.5) is 0 Å². The minimum atomic E-state index is 0.617. The van der Waals surface area contributed by atoms with Crippen molar-refractivity contribution in [1.82, 2.24) is 10.6 Å². The van der Waals surface area contributed by atoms with E-state index in [1.807, 2.05) is 7.05 Å². The molecule has 0 aliphatic heterocycles. The molecule has 64 valence electrons. The summed E-state index contributed by atoms with van der Waals surface area (Å²) in [6.45, 7) is 2.94. The second kappa shape index (κ2) is 9.41. The fourth-order valence-corrected chi connectivity index (χ4v) is 0.821. The summed E-state index contributed by atoms with van der Waals surface area (Å²) in [5.41, 5.74) is 0. The highest BCUT2D eigenvalue weighted by molar-refractivity contribution is 4.69. The van der Waals surface area contributed by atoms with Gasteiger partial charge in [0.1, 0.15) is 0 Å². The van der Waals surface area contributed by atoms with Gasteiger partial charge in [0.2, 0.25) is 0 Å². The lowest BCUT2D eigenvalue weighted by Crippen LogP contribution is -2.17. The molecule has 0 radical (unpaired) electrons. The average molecular weight is 155 g/mol. The van der Waals surface area contributed by atoms with Crippen molar-refractivity contribution in [1.29, 1.82) is 5.26 Å². The fraction of sp³-hybridized carbons (Fsp3) is 0.875. The maximum Gasteiger partial charge on any atom is 0.0635 e. The molecule has 0 amide bonds. The first kappa shape index (κ1) is 10.4. The molecule has 0 aromatic rings. The van der Waals surface area contributed by atoms with Gasteiger partial charge in [0.05, 0.1) is 6.07 Å². The van der Waals surface area contributed by atoms with E-state index in [-0.39, 0.29) is 0 Å². The number of nitrogens with zero attached hydrogens (tertiary/aromatic N) is 1. The molecule has 0 rings (SSSR count). The van der Waals surface area contributed by atoms with Crippen LogP contribution in [-0.2, 0) is 0 Å². The Kier molecular flexibility index (Phi) is 8.91. The molecule has 0 spiro atoms. The zero-order chi connectivity index (χ0) is 8.36. The first-order valence-corrected chi connectivity index (χ1v) is 4.14. The number of hydrogen-bond acceptors (Lipinski definition) is 3. The normalized spacial score (nSPS) is 9.45. The van der Waals surface area contributed by atoms with Gasteiger partial charge in [0.25, 0.3) is 0 Å². The molecular formula is C8H17N3. The third-order valence-electron chi connectivity index (χ3n) is 1.44. The third kappa shape index (κ3) is 9.41. The van der Waals surface area contributed by atoms with Crippen LogP contribution in [0.3, 0.4) is 0 Å². The summed E-state index contributed by atoms with van der Waals surface area (Å²) in [5, 5.41) is 14.5. The van der Waals surface area contributed by atoms with Gasteiger partial charge >= 0.3 is 0 Å². The molecule has 0 aliphatic carbocycles. The van der Waals surface area contributed by atoms with Crippen LogP contribution >= 0.6 is 0 Å². The van der Waals surface area contributed by atoms with Gasteiger partial charge < -0.3 is 10.6 Å². The highest BCUT2D eigenvalue weighted by atomic mass is 14.8. The van der Waals surface area contributed by atoms with Gasteiger partial charge in [-0.2, -0.15) is 5.26 Å². The van der Waals surface area contributed by atoms with Gasteiger partial charge in [-0.15, -0.1) is 0 Å². The molecule has 0 heterocycles. The fourth-order valence-electron chi connectivity index (χ4n) is 0.821. The molecule has 3 heteroatoms. The Morgan fingerprint density at radius 3 is 2.55 bits per heavy atom. The Labute approximate surface area is 68.8 Å². The van der Waals surface area contributed by atoms with Crippen LogP contribution in [0.2, 0.25) is 0 Å². The van der Waals surface area contributed by atoms with Crippen LogP contribution in [0.1, 0.15) is 19.3 Å². The van der Waals surface area contributed by atoms with Crippen molar-refractivity contribution in [2.24, 2.45) is 0 Å². The number of rotatable bonds is 7. The van der Waals surface area contributed by atoms with Crippen molar-refractivity contribution in [3.05, 3.63) is 0 Å². The van der Waals surface area contributed by atoms with Crippen LogP contribution < -0.4 is 10.6 Å². The van der Waals surface area contributed by atoms with Crippen molar-refractivity contribution in [3.63, 3.8) is 0 Å². The van der Waals surface area contributed by atoms with E-state index in [0.717, 1.165) is 19.6 Å². The zero-order valence-electron chi connectivity index (χ0n) is 7.19. The first-order chi connectivity index (χ1) is 5.41. The zero-order valence-corrected chi connectivity index (χ0v) is 7.19. The average Bonchev–Trinajstić information content (AvgIpc) is 2.03. The molecule has 11 heavy (non-hydrogen) atoms. The first-order valence-electron chi connectivity index (χ1n) is 4.14. The lowest BCUT2D eigenvalue weighted by molar-refractivity contribution is 0.610. The molecule has 3 nitrogen and oxygen atoms in total. The second-order valence-electron chi connectivity index (χ2n) is 2.47. The van der Waals surface area contributed by atoms with Gasteiger partial charge in [-0.05, 0) is 33.0 Å². The SMILES string of the molecule is CNCCCCNCCC#N. The summed E-state index contributed by atoms with van der Waals surface area (Å²) >= 11 is 0. The van der Waals surface area contributed by atoms with Crippen LogP contribution in [0.25, 0.3) is 0 Å². The molecule has 0 aromatic carbocycles. The highest BCUT2D eigenvalue weighted by Gasteiger charge is 1.86. The Bertz CT molecular complexity index is 106. The van der Waals surface area contributed by atoms with E-state index >= 15 is 0 Å². The van der Waals surface area contributed by atoms with E-state index in [9.17, 15) is 0 Å². The molecule has 0 atom stereocenters. The van der Waals surface area contributed by atoms with E-state index in [4.69, 9.17) is 5.26 Å². The Balaban J connectivity index is 2.75. The van der Waals surface area contributed by atoms with E-state index in [0.29, 0.717) is 6.42 Å². The summed E-state index contributed by atoms with van der Waals surface area (Å²) in [5.74, 6) is 0. The van der Waals surface area contributed by atoms with Gasteiger partial charge in [-0.1, -0.05) is 0 Å². The largest absolute Gasteiger partial charge is 0.320 e. The Hall–Kier alpha value is -0.590. The van der Waals surface area contributed by atoms with Crippen LogP contribution in [-0.4, -0.2) is 26.7 Å². The molecule has 2 N–H and O–H groups in total. The quantitative estimate of drug-likeness (QED) is 0.526. The molecule has 0 fully saturated rings. The van der Waals surface area contributed by atoms with Crippen molar-refractivity contribution in [3.8, 4) is 6.07 Å². The monoisotopic (exact) mass is 155 g/mol. The molecule has 0 saturated heterocycles. The number of hydrogen-bond donors (Lipinski definition) is 2. The summed E-state index contributed by atoms with van der Waals surface area (Å²) in [6, 6.07) is 2.09. The molecule has 0 bridgehead atoms. The predicted molar refractivity (Wildman–Crippen MR) is 46.3 cm³/mol. The van der Waals surface area contributed by atoms with Crippen molar-refractivity contribution < 1.29 is 0 Å². The second-order valence-corrected chi connectivity index (χ2v) is 2.47. The van der Waals surface area contributed by atoms with Crippen LogP contribution in [0.5, 0.6) is 0 Å². The maximum atomic E-state index is 8.21. The topological polar surface area (TPSA) is 47.8 Å². The highest BCUT2D eigenvalue weighted by Crippen LogP contribution is 1.83. The lowest BCUT2D eigenvalue weighted by atomic mass is 10.3. The number of nitriles is 1. The van der Waals surface area contributed by atoms with Crippen LogP contribution in [0, 0.1) is 11.3 Å². The van der Waals surface area contributed by atoms with Crippen molar-refractivity contribution in [2.75, 3.05) is 26.7 Å². The van der Waals surface area contributed by atoms with Crippen molar-refractivity contribution >= 4 is 0 Å². The van der Waals surface area contributed by atoms with E-state index in [1.165, 1.54) is 12.8 Å². The van der Waals surface area contributed by atoms with Crippen LogP contribution in [0.15, 0.2) is 0 Å². The van der Waals surface area contributed by atoms with E-state index in [2.05, 4.69) is 16.7 Å². The van der Waals surface area contributed by atoms with E-state index in [1.54, 1.807) is 0 Å². The van der Waals surface area contributed by atoms with Gasteiger partial charge in [0, 0.05) is 13.0 Å². The molecule has 0 aliphatic rings. The minimum Gasteiger partial charge on any atom is -0.320 e. The smallest absolute Gasteiger partial charge is 0.0635 e. The third-order valence-corrected chi connectivity index (χ3v) is 1.44. The molecule has 0 saturated carbocycles. The van der Waals surface area contributed by atoms with Crippen molar-refractivity contribution in [2.45, 2.75) is 19.3 Å². The number of nitrogens with one attached hydrogen (secondary N) is 2. The number of unbranched alkanes of at least 4 members (excludes halogenated alkanes) is 1. The summed E-state index contributed by atoms with van der Waals surface area (Å²) in [4.78, 5) is 0. The molecule has 0 unspecified atom stereocenters. The Morgan fingerprint density at radius 2 is 1.91 bits per heavy atom. The summed E-state index contributed by atoms with van der Waals surface area (Å²) in [7, 11) is 1.96. The van der Waals surface area contributed by atoms with E-state index < -0.39 is 0 Å². The van der Waals surface area contributed by atoms with Gasteiger partial charge in [0.15, 0.2) is 0 Å². The minimum absolute atomic E-state index is 0.617. The predicted octanol–water partition coefficient (Wildman–Crippen LogP) is 0.489. The summed E-state index contributed by atoms with van der Waals surface area (Å²) in [6.07, 6.45) is 3.01. The van der Waals surface area contributed by atoms with Gasteiger partial charge in [-0.3, -0.25) is 0 Å². The van der Waals surface area contributed by atoms with Gasteiger partial charge in [-0.25, -0.2) is 0 Å². The lowest BCUT2D eigenvalue weighted by Gasteiger charge is -2.00.